The molecule has 3 heteroatoms. The molecule has 6 aromatic rings. The van der Waals surface area contributed by atoms with Gasteiger partial charge in [-0.05, 0) is 97.3 Å². The van der Waals surface area contributed by atoms with Crippen LogP contribution in [0.15, 0.2) is 164 Å². The van der Waals surface area contributed by atoms with Gasteiger partial charge in [-0.1, -0.05) is 121 Å². The molecule has 1 atom stereocenters. The van der Waals surface area contributed by atoms with E-state index < -0.39 is 0 Å². The Bertz CT molecular complexity index is 2220. The lowest BCUT2D eigenvalue weighted by Gasteiger charge is -2.24. The number of rotatable bonds is 7. The van der Waals surface area contributed by atoms with Gasteiger partial charge in [0.15, 0.2) is 0 Å². The summed E-state index contributed by atoms with van der Waals surface area (Å²) < 4.78 is 0. The molecule has 0 spiro atoms. The van der Waals surface area contributed by atoms with Gasteiger partial charge in [0, 0.05) is 37.1 Å². The third kappa shape index (κ3) is 5.73. The summed E-state index contributed by atoms with van der Waals surface area (Å²) in [5.74, 6) is 0. The predicted molar refractivity (Wildman–Crippen MR) is 200 cm³/mol. The van der Waals surface area contributed by atoms with Crippen molar-refractivity contribution < 1.29 is 0 Å². The van der Waals surface area contributed by atoms with Crippen molar-refractivity contribution in [1.29, 1.82) is 0 Å². The molecule has 3 nitrogen and oxygen atoms in total. The van der Waals surface area contributed by atoms with Crippen molar-refractivity contribution in [3.63, 3.8) is 0 Å². The van der Waals surface area contributed by atoms with Gasteiger partial charge in [0.2, 0.25) is 0 Å². The zero-order chi connectivity index (χ0) is 31.6. The minimum Gasteiger partial charge on any atom is -0.387 e. The van der Waals surface area contributed by atoms with Crippen LogP contribution >= 0.6 is 0 Å². The predicted octanol–water partition coefficient (Wildman–Crippen LogP) is 10.0. The van der Waals surface area contributed by atoms with Gasteiger partial charge >= 0.3 is 0 Å². The van der Waals surface area contributed by atoms with Crippen LogP contribution in [0, 0.1) is 0 Å². The first-order valence-electron chi connectivity index (χ1n) is 16.4. The molecule has 2 aliphatic rings. The van der Waals surface area contributed by atoms with E-state index in [1.165, 1.54) is 71.6 Å². The molecule has 0 aromatic heterocycles. The van der Waals surface area contributed by atoms with Crippen LogP contribution in [0.3, 0.4) is 0 Å². The largest absolute Gasteiger partial charge is 0.387 e. The van der Waals surface area contributed by atoms with Crippen LogP contribution in [0.4, 0.5) is 0 Å². The van der Waals surface area contributed by atoms with E-state index in [4.69, 9.17) is 0 Å². The lowest BCUT2D eigenvalue weighted by molar-refractivity contribution is 0.660. The molecule has 228 valence electrons. The Hall–Kier alpha value is -5.80. The quantitative estimate of drug-likeness (QED) is 0.158. The number of dihydropyridines is 2. The summed E-state index contributed by atoms with van der Waals surface area (Å²) in [6, 6.07) is 46.6. The van der Waals surface area contributed by atoms with Crippen molar-refractivity contribution in [3.05, 3.63) is 180 Å². The molecule has 6 aromatic carbocycles. The van der Waals surface area contributed by atoms with Crippen LogP contribution in [-0.4, -0.2) is 13.1 Å². The molecule has 0 bridgehead atoms. The van der Waals surface area contributed by atoms with Crippen LogP contribution in [0.5, 0.6) is 0 Å². The Morgan fingerprint density at radius 2 is 1.28 bits per heavy atom. The summed E-state index contributed by atoms with van der Waals surface area (Å²) in [4.78, 5) is 0. The van der Waals surface area contributed by atoms with Crippen molar-refractivity contribution in [2.75, 3.05) is 13.1 Å². The summed E-state index contributed by atoms with van der Waals surface area (Å²) in [7, 11) is 0. The number of allylic oxidation sites excluding steroid dienone is 3. The van der Waals surface area contributed by atoms with Gasteiger partial charge in [0.1, 0.15) is 0 Å². The van der Waals surface area contributed by atoms with E-state index in [2.05, 4.69) is 181 Å². The molecular formula is C44H37N3. The Morgan fingerprint density at radius 3 is 2.09 bits per heavy atom. The van der Waals surface area contributed by atoms with E-state index in [1.54, 1.807) is 0 Å². The molecule has 0 saturated carbocycles. The summed E-state index contributed by atoms with van der Waals surface area (Å²) >= 11 is 0. The fraction of sp³-hybridized carbons (Fsp3) is 0.0909. The SMILES string of the molecule is CC(NC1=CNCC=C1c1ccccc1)c1ccc(-c2cc(C3=CNCC=C3)cc(-c3cc4ccccc4c4ccccc34)c2)cc1. The fourth-order valence-corrected chi connectivity index (χ4v) is 6.86. The maximum absolute atomic E-state index is 3.77. The highest BCUT2D eigenvalue weighted by atomic mass is 15.0. The Morgan fingerprint density at radius 1 is 0.574 bits per heavy atom. The van der Waals surface area contributed by atoms with Crippen molar-refractivity contribution in [2.45, 2.75) is 13.0 Å². The first kappa shape index (κ1) is 28.7. The summed E-state index contributed by atoms with van der Waals surface area (Å²) in [5, 5.41) is 15.6. The molecule has 0 saturated heterocycles. The van der Waals surface area contributed by atoms with Gasteiger partial charge in [0.05, 0.1) is 5.70 Å². The van der Waals surface area contributed by atoms with E-state index in [1.807, 2.05) is 0 Å². The van der Waals surface area contributed by atoms with Gasteiger partial charge in [-0.2, -0.15) is 0 Å². The number of nitrogens with one attached hydrogen (secondary N) is 3. The van der Waals surface area contributed by atoms with E-state index >= 15 is 0 Å². The summed E-state index contributed by atoms with van der Waals surface area (Å²) in [6.07, 6.45) is 10.9. The van der Waals surface area contributed by atoms with Crippen LogP contribution in [-0.2, 0) is 0 Å². The lowest BCUT2D eigenvalue weighted by Crippen LogP contribution is -2.24. The van der Waals surface area contributed by atoms with E-state index in [9.17, 15) is 0 Å². The molecule has 47 heavy (non-hydrogen) atoms. The molecule has 2 heterocycles. The van der Waals surface area contributed by atoms with E-state index in [-0.39, 0.29) is 6.04 Å². The molecule has 2 aliphatic heterocycles. The van der Waals surface area contributed by atoms with Gasteiger partial charge in [-0.15, -0.1) is 0 Å². The van der Waals surface area contributed by atoms with E-state index in [0.717, 1.165) is 18.8 Å². The first-order valence-corrected chi connectivity index (χ1v) is 16.4. The van der Waals surface area contributed by atoms with Gasteiger partial charge < -0.3 is 16.0 Å². The smallest absolute Gasteiger partial charge is 0.0581 e. The topological polar surface area (TPSA) is 36.1 Å². The molecule has 8 rings (SSSR count). The summed E-state index contributed by atoms with van der Waals surface area (Å²) in [5.41, 5.74) is 12.1. The van der Waals surface area contributed by atoms with Crippen molar-refractivity contribution in [3.8, 4) is 22.3 Å². The maximum atomic E-state index is 3.77. The molecule has 0 fully saturated rings. The average molecular weight is 608 g/mol. The van der Waals surface area contributed by atoms with Crippen molar-refractivity contribution >= 4 is 32.7 Å². The highest BCUT2D eigenvalue weighted by Crippen LogP contribution is 2.38. The Kier molecular flexibility index (Phi) is 7.64. The zero-order valence-electron chi connectivity index (χ0n) is 26.5. The van der Waals surface area contributed by atoms with Crippen LogP contribution in [0.25, 0.3) is 54.9 Å². The second-order valence-electron chi connectivity index (χ2n) is 12.3. The number of hydrogen-bond acceptors (Lipinski definition) is 3. The third-order valence-electron chi connectivity index (χ3n) is 9.30. The van der Waals surface area contributed by atoms with Crippen molar-refractivity contribution in [1.82, 2.24) is 16.0 Å². The number of benzene rings is 6. The van der Waals surface area contributed by atoms with Gasteiger partial charge in [-0.25, -0.2) is 0 Å². The molecular weight excluding hydrogens is 571 g/mol. The monoisotopic (exact) mass is 607 g/mol. The van der Waals surface area contributed by atoms with Crippen LogP contribution in [0.2, 0.25) is 0 Å². The number of fused-ring (bicyclic) bond motifs is 3. The van der Waals surface area contributed by atoms with Crippen LogP contribution < -0.4 is 16.0 Å². The highest BCUT2D eigenvalue weighted by Gasteiger charge is 2.16. The third-order valence-corrected chi connectivity index (χ3v) is 9.30. The molecule has 0 amide bonds. The fourth-order valence-electron chi connectivity index (χ4n) is 6.86. The minimum atomic E-state index is 0.136. The Labute approximate surface area is 276 Å². The Balaban J connectivity index is 1.16. The van der Waals surface area contributed by atoms with Gasteiger partial charge in [0.25, 0.3) is 0 Å². The normalized spacial score (nSPS) is 14.9. The standard InChI is InChI=1S/C44H37N3/c1-30(47-44-29-46-23-21-40(44)33-10-3-2-4-11-33)31-17-19-32(20-18-31)36-24-37(35-13-9-22-45-28-35)26-38(25-36)43-27-34-12-5-6-14-39(34)41-15-7-8-16-42(41)43/h2-21,24-30,45-47H,22-23H2,1H3. The molecule has 1 unspecified atom stereocenters. The zero-order valence-corrected chi connectivity index (χ0v) is 26.5. The summed E-state index contributed by atoms with van der Waals surface area (Å²) in [6.45, 7) is 3.91. The second-order valence-corrected chi connectivity index (χ2v) is 12.3. The first-order chi connectivity index (χ1) is 23.2. The number of hydrogen-bond donors (Lipinski definition) is 3. The minimum absolute atomic E-state index is 0.136. The van der Waals surface area contributed by atoms with Gasteiger partial charge in [-0.3, -0.25) is 0 Å². The second kappa shape index (κ2) is 12.5. The van der Waals surface area contributed by atoms with E-state index in [0.29, 0.717) is 0 Å². The molecule has 0 aliphatic carbocycles. The average Bonchev–Trinajstić information content (AvgIpc) is 3.15. The maximum Gasteiger partial charge on any atom is 0.0581 e. The van der Waals surface area contributed by atoms with Crippen molar-refractivity contribution in [2.24, 2.45) is 0 Å². The molecule has 0 radical (unpaired) electrons. The molecule has 3 N–H and O–H groups in total. The highest BCUT2D eigenvalue weighted by molar-refractivity contribution is 6.14. The lowest BCUT2D eigenvalue weighted by atomic mass is 9.89. The van der Waals surface area contributed by atoms with Crippen LogP contribution in [0.1, 0.15) is 29.7 Å².